The Balaban J connectivity index is 1.78. The van der Waals surface area contributed by atoms with Crippen LogP contribution in [0.1, 0.15) is 32.1 Å². The minimum absolute atomic E-state index is 0.190. The fourth-order valence-electron chi connectivity index (χ4n) is 2.50. The standard InChI is InChI=1S/C13H20N4/c14-11-12-5-2-1-3-6-13(12)15-8-10-17-9-4-7-16-17/h4,7,9,12-13,15H,1-3,5-6,8,10H2. The van der Waals surface area contributed by atoms with Gasteiger partial charge in [0.1, 0.15) is 0 Å². The maximum absolute atomic E-state index is 9.16. The number of hydrogen-bond acceptors (Lipinski definition) is 3. The second-order valence-electron chi connectivity index (χ2n) is 4.70. The fraction of sp³-hybridized carbons (Fsp3) is 0.692. The van der Waals surface area contributed by atoms with Crippen LogP contribution < -0.4 is 5.32 Å². The van der Waals surface area contributed by atoms with E-state index in [9.17, 15) is 0 Å². The second kappa shape index (κ2) is 6.41. The van der Waals surface area contributed by atoms with Crippen LogP contribution in [0.2, 0.25) is 0 Å². The summed E-state index contributed by atoms with van der Waals surface area (Å²) < 4.78 is 1.92. The van der Waals surface area contributed by atoms with Crippen molar-refractivity contribution in [1.82, 2.24) is 15.1 Å². The first-order chi connectivity index (χ1) is 8.40. The van der Waals surface area contributed by atoms with Crippen LogP contribution in [-0.4, -0.2) is 22.4 Å². The predicted molar refractivity (Wildman–Crippen MR) is 66.2 cm³/mol. The summed E-state index contributed by atoms with van der Waals surface area (Å²) in [6, 6.07) is 4.76. The van der Waals surface area contributed by atoms with E-state index in [1.54, 1.807) is 6.20 Å². The molecule has 4 heteroatoms. The molecule has 1 aliphatic rings. The molecule has 2 atom stereocenters. The molecule has 0 amide bonds. The monoisotopic (exact) mass is 232 g/mol. The summed E-state index contributed by atoms with van der Waals surface area (Å²) in [7, 11) is 0. The van der Waals surface area contributed by atoms with Crippen molar-refractivity contribution in [2.75, 3.05) is 6.54 Å². The Bertz CT molecular complexity index is 352. The number of nitrogens with zero attached hydrogens (tertiary/aromatic N) is 3. The van der Waals surface area contributed by atoms with Crippen molar-refractivity contribution in [3.8, 4) is 6.07 Å². The zero-order valence-corrected chi connectivity index (χ0v) is 10.2. The summed E-state index contributed by atoms with van der Waals surface area (Å²) in [6.45, 7) is 1.77. The molecule has 0 aromatic carbocycles. The topological polar surface area (TPSA) is 53.6 Å². The van der Waals surface area contributed by atoms with Crippen LogP contribution in [0, 0.1) is 17.2 Å². The molecule has 2 unspecified atom stereocenters. The lowest BCUT2D eigenvalue weighted by Gasteiger charge is -2.20. The van der Waals surface area contributed by atoms with Crippen LogP contribution in [0.3, 0.4) is 0 Å². The van der Waals surface area contributed by atoms with Crippen molar-refractivity contribution >= 4 is 0 Å². The third-order valence-corrected chi connectivity index (χ3v) is 3.49. The minimum Gasteiger partial charge on any atom is -0.311 e. The average Bonchev–Trinajstić information content (AvgIpc) is 2.75. The van der Waals surface area contributed by atoms with E-state index in [4.69, 9.17) is 5.26 Å². The van der Waals surface area contributed by atoms with Crippen molar-refractivity contribution in [1.29, 1.82) is 5.26 Å². The maximum atomic E-state index is 9.16. The molecule has 0 aliphatic heterocycles. The molecule has 92 valence electrons. The van der Waals surface area contributed by atoms with Crippen molar-refractivity contribution in [2.24, 2.45) is 5.92 Å². The van der Waals surface area contributed by atoms with Gasteiger partial charge in [0.15, 0.2) is 0 Å². The van der Waals surface area contributed by atoms with Crippen LogP contribution in [0.4, 0.5) is 0 Å². The van der Waals surface area contributed by atoms with Gasteiger partial charge >= 0.3 is 0 Å². The molecule has 4 nitrogen and oxygen atoms in total. The number of nitriles is 1. The molecular weight excluding hydrogens is 212 g/mol. The van der Waals surface area contributed by atoms with E-state index in [1.165, 1.54) is 19.3 Å². The molecule has 1 aliphatic carbocycles. The lowest BCUT2D eigenvalue weighted by atomic mass is 9.96. The number of rotatable bonds is 4. The molecule has 1 fully saturated rings. The Morgan fingerprint density at radius 3 is 3.00 bits per heavy atom. The van der Waals surface area contributed by atoms with Crippen molar-refractivity contribution in [3.05, 3.63) is 18.5 Å². The van der Waals surface area contributed by atoms with Gasteiger partial charge in [-0.1, -0.05) is 19.3 Å². The third-order valence-electron chi connectivity index (χ3n) is 3.49. The van der Waals surface area contributed by atoms with Gasteiger partial charge in [-0.2, -0.15) is 10.4 Å². The third kappa shape index (κ3) is 3.57. The lowest BCUT2D eigenvalue weighted by Crippen LogP contribution is -2.37. The summed E-state index contributed by atoms with van der Waals surface area (Å²) >= 11 is 0. The molecule has 0 spiro atoms. The SMILES string of the molecule is N#CC1CCCCCC1NCCn1cccn1. The molecule has 1 heterocycles. The highest BCUT2D eigenvalue weighted by Crippen LogP contribution is 2.22. The van der Waals surface area contributed by atoms with Gasteiger partial charge in [-0.25, -0.2) is 0 Å². The second-order valence-corrected chi connectivity index (χ2v) is 4.70. The maximum Gasteiger partial charge on any atom is 0.0672 e. The van der Waals surface area contributed by atoms with E-state index in [0.29, 0.717) is 6.04 Å². The summed E-state index contributed by atoms with van der Waals surface area (Å²) in [6.07, 6.45) is 9.68. The highest BCUT2D eigenvalue weighted by Gasteiger charge is 2.22. The lowest BCUT2D eigenvalue weighted by molar-refractivity contribution is 0.382. The first-order valence-electron chi connectivity index (χ1n) is 6.50. The average molecular weight is 232 g/mol. The molecule has 17 heavy (non-hydrogen) atoms. The van der Waals surface area contributed by atoms with E-state index in [1.807, 2.05) is 16.9 Å². The fourth-order valence-corrected chi connectivity index (χ4v) is 2.50. The molecule has 0 radical (unpaired) electrons. The molecule has 0 saturated heterocycles. The highest BCUT2D eigenvalue weighted by atomic mass is 15.3. The quantitative estimate of drug-likeness (QED) is 0.807. The van der Waals surface area contributed by atoms with Crippen LogP contribution in [0.15, 0.2) is 18.5 Å². The van der Waals surface area contributed by atoms with Crippen LogP contribution in [0.25, 0.3) is 0 Å². The molecule has 1 saturated carbocycles. The van der Waals surface area contributed by atoms with Crippen LogP contribution >= 0.6 is 0 Å². The molecular formula is C13H20N4. The van der Waals surface area contributed by atoms with Gasteiger partial charge in [0.05, 0.1) is 18.5 Å². The normalized spacial score (nSPS) is 25.1. The summed E-state index contributed by atoms with van der Waals surface area (Å²) in [5.74, 6) is 0.190. The first kappa shape index (κ1) is 12.1. The first-order valence-corrected chi connectivity index (χ1v) is 6.50. The van der Waals surface area contributed by atoms with Gasteiger partial charge in [-0.3, -0.25) is 4.68 Å². The summed E-state index contributed by atoms with van der Waals surface area (Å²) in [5.41, 5.74) is 0. The Hall–Kier alpha value is -1.34. The molecule has 1 N–H and O–H groups in total. The zero-order chi connectivity index (χ0) is 11.9. The van der Waals surface area contributed by atoms with Gasteiger partial charge in [-0.05, 0) is 18.9 Å². The Morgan fingerprint density at radius 1 is 1.35 bits per heavy atom. The molecule has 1 aromatic heterocycles. The summed E-state index contributed by atoms with van der Waals surface area (Å²) in [5, 5.41) is 16.8. The minimum atomic E-state index is 0.190. The van der Waals surface area contributed by atoms with Gasteiger partial charge in [0.2, 0.25) is 0 Å². The van der Waals surface area contributed by atoms with E-state index >= 15 is 0 Å². The van der Waals surface area contributed by atoms with Gasteiger partial charge in [0, 0.05) is 25.0 Å². The molecule has 2 rings (SSSR count). The Kier molecular flexibility index (Phi) is 4.57. The van der Waals surface area contributed by atoms with Crippen molar-refractivity contribution < 1.29 is 0 Å². The van der Waals surface area contributed by atoms with Crippen molar-refractivity contribution in [3.63, 3.8) is 0 Å². The van der Waals surface area contributed by atoms with Crippen LogP contribution in [0.5, 0.6) is 0 Å². The van der Waals surface area contributed by atoms with E-state index < -0.39 is 0 Å². The van der Waals surface area contributed by atoms with Gasteiger partial charge in [0.25, 0.3) is 0 Å². The van der Waals surface area contributed by atoms with Gasteiger partial charge in [-0.15, -0.1) is 0 Å². The smallest absolute Gasteiger partial charge is 0.0672 e. The predicted octanol–water partition coefficient (Wildman–Crippen LogP) is 1.95. The number of nitrogens with one attached hydrogen (secondary N) is 1. The van der Waals surface area contributed by atoms with E-state index in [2.05, 4.69) is 16.5 Å². The summed E-state index contributed by atoms with van der Waals surface area (Å²) in [4.78, 5) is 0. The highest BCUT2D eigenvalue weighted by molar-refractivity contribution is 4.93. The van der Waals surface area contributed by atoms with Crippen molar-refractivity contribution in [2.45, 2.75) is 44.7 Å². The van der Waals surface area contributed by atoms with Crippen LogP contribution in [-0.2, 0) is 6.54 Å². The van der Waals surface area contributed by atoms with Gasteiger partial charge < -0.3 is 5.32 Å². The zero-order valence-electron chi connectivity index (χ0n) is 10.2. The molecule has 0 bridgehead atoms. The largest absolute Gasteiger partial charge is 0.311 e. The van der Waals surface area contributed by atoms with E-state index in [-0.39, 0.29) is 5.92 Å². The Labute approximate surface area is 103 Å². The molecule has 1 aromatic rings. The number of aromatic nitrogens is 2. The number of hydrogen-bond donors (Lipinski definition) is 1. The van der Waals surface area contributed by atoms with E-state index in [0.717, 1.165) is 25.9 Å². The Morgan fingerprint density at radius 2 is 2.24 bits per heavy atom.